The van der Waals surface area contributed by atoms with Crippen LogP contribution in [0.25, 0.3) is 22.4 Å². The van der Waals surface area contributed by atoms with E-state index in [1.807, 2.05) is 73.7 Å². The summed E-state index contributed by atoms with van der Waals surface area (Å²) in [5.74, 6) is 0.437. The van der Waals surface area contributed by atoms with E-state index in [4.69, 9.17) is 4.74 Å². The predicted octanol–water partition coefficient (Wildman–Crippen LogP) is 4.91. The van der Waals surface area contributed by atoms with Crippen LogP contribution < -0.4 is 10.2 Å². The van der Waals surface area contributed by atoms with Gasteiger partial charge in [-0.2, -0.15) is 10.2 Å². The van der Waals surface area contributed by atoms with E-state index in [1.54, 1.807) is 12.3 Å². The molecule has 4 aromatic rings. The maximum Gasteiger partial charge on any atom is 0.289 e. The van der Waals surface area contributed by atoms with Gasteiger partial charge in [-0.05, 0) is 53.9 Å². The largest absolute Gasteiger partial charge is 0.494 e. The second-order valence-electron chi connectivity index (χ2n) is 6.81. The number of carbonyl (C=O) groups is 1. The third-order valence-electron chi connectivity index (χ3n) is 4.68. The van der Waals surface area contributed by atoms with Gasteiger partial charge in [-0.3, -0.25) is 9.89 Å². The van der Waals surface area contributed by atoms with Gasteiger partial charge in [-0.25, -0.2) is 5.43 Å². The summed E-state index contributed by atoms with van der Waals surface area (Å²) in [6, 6.07) is 27.4. The van der Waals surface area contributed by atoms with Crippen LogP contribution in [0.3, 0.4) is 0 Å². The molecule has 154 valence electrons. The van der Waals surface area contributed by atoms with Crippen molar-refractivity contribution in [2.24, 2.45) is 5.10 Å². The lowest BCUT2D eigenvalue weighted by atomic mass is 10.0. The first kappa shape index (κ1) is 20.1. The Labute approximate surface area is 180 Å². The molecular formula is C25H22N4O2. The molecule has 0 aliphatic rings. The lowest BCUT2D eigenvalue weighted by Gasteiger charge is -2.02. The van der Waals surface area contributed by atoms with Gasteiger partial charge in [-0.1, -0.05) is 54.6 Å². The molecule has 0 aliphatic carbocycles. The monoisotopic (exact) mass is 410 g/mol. The van der Waals surface area contributed by atoms with E-state index >= 15 is 0 Å². The topological polar surface area (TPSA) is 79.4 Å². The number of H-pyrrole nitrogens is 1. The summed E-state index contributed by atoms with van der Waals surface area (Å²) in [4.78, 5) is 12.3. The van der Waals surface area contributed by atoms with Crippen LogP contribution in [-0.4, -0.2) is 28.9 Å². The number of aromatic nitrogens is 2. The average Bonchev–Trinajstić information content (AvgIpc) is 3.32. The molecule has 6 nitrogen and oxygen atoms in total. The van der Waals surface area contributed by atoms with Crippen molar-refractivity contribution in [2.45, 2.75) is 6.92 Å². The van der Waals surface area contributed by atoms with Crippen LogP contribution >= 0.6 is 0 Å². The van der Waals surface area contributed by atoms with Gasteiger partial charge in [0.25, 0.3) is 5.91 Å². The molecule has 0 bridgehead atoms. The van der Waals surface area contributed by atoms with E-state index in [0.717, 1.165) is 28.0 Å². The van der Waals surface area contributed by atoms with Gasteiger partial charge in [0, 0.05) is 5.56 Å². The molecule has 0 spiro atoms. The number of nitrogens with zero attached hydrogens (tertiary/aromatic N) is 2. The number of hydrogen-bond donors (Lipinski definition) is 2. The lowest BCUT2D eigenvalue weighted by molar-refractivity contribution is 0.0950. The number of rotatable bonds is 7. The highest BCUT2D eigenvalue weighted by atomic mass is 16.5. The molecule has 0 aliphatic heterocycles. The van der Waals surface area contributed by atoms with Gasteiger partial charge in [0.15, 0.2) is 0 Å². The van der Waals surface area contributed by atoms with Crippen LogP contribution in [-0.2, 0) is 0 Å². The van der Waals surface area contributed by atoms with Crippen molar-refractivity contribution in [1.82, 2.24) is 15.6 Å². The number of ether oxygens (including phenoxy) is 1. The van der Waals surface area contributed by atoms with E-state index in [0.29, 0.717) is 18.0 Å². The Morgan fingerprint density at radius 1 is 0.968 bits per heavy atom. The summed E-state index contributed by atoms with van der Waals surface area (Å²) in [6.07, 6.45) is 1.58. The van der Waals surface area contributed by atoms with Crippen molar-refractivity contribution in [1.29, 1.82) is 0 Å². The predicted molar refractivity (Wildman–Crippen MR) is 122 cm³/mol. The number of carbonyl (C=O) groups excluding carboxylic acids is 1. The first-order valence-electron chi connectivity index (χ1n) is 10.0. The molecule has 1 amide bonds. The number of aromatic amines is 1. The van der Waals surface area contributed by atoms with Crippen LogP contribution in [0, 0.1) is 0 Å². The summed E-state index contributed by atoms with van der Waals surface area (Å²) in [5.41, 5.74) is 7.60. The van der Waals surface area contributed by atoms with Crippen molar-refractivity contribution < 1.29 is 9.53 Å². The quantitative estimate of drug-likeness (QED) is 0.336. The van der Waals surface area contributed by atoms with E-state index in [1.165, 1.54) is 0 Å². The van der Waals surface area contributed by atoms with Crippen LogP contribution in [0.2, 0.25) is 0 Å². The minimum Gasteiger partial charge on any atom is -0.494 e. The number of amides is 1. The third kappa shape index (κ3) is 5.05. The van der Waals surface area contributed by atoms with Crippen LogP contribution in [0.15, 0.2) is 90.0 Å². The summed E-state index contributed by atoms with van der Waals surface area (Å²) < 4.78 is 5.40. The Bertz CT molecular complexity index is 1160. The molecule has 0 atom stereocenters. The Hall–Kier alpha value is -4.19. The molecule has 1 heterocycles. The fourth-order valence-electron chi connectivity index (χ4n) is 3.09. The maximum atomic E-state index is 12.3. The highest BCUT2D eigenvalue weighted by molar-refractivity contribution is 5.94. The number of benzene rings is 3. The second kappa shape index (κ2) is 9.54. The molecule has 31 heavy (non-hydrogen) atoms. The van der Waals surface area contributed by atoms with Gasteiger partial charge in [0.1, 0.15) is 11.4 Å². The molecule has 4 rings (SSSR count). The first-order valence-corrected chi connectivity index (χ1v) is 10.0. The lowest BCUT2D eigenvalue weighted by Crippen LogP contribution is -2.17. The molecule has 6 heteroatoms. The van der Waals surface area contributed by atoms with E-state index in [-0.39, 0.29) is 5.91 Å². The molecule has 0 saturated carbocycles. The number of nitrogens with one attached hydrogen (secondary N) is 2. The standard InChI is InChI=1S/C25H22N4O2/c1-2-31-22-14-8-18(9-15-22)17-26-29-25(30)24-16-23(27-28-24)21-12-10-20(11-13-21)19-6-4-3-5-7-19/h3-17H,2H2,1H3,(H,27,28)(H,29,30)/b26-17+. The molecule has 1 aromatic heterocycles. The zero-order valence-electron chi connectivity index (χ0n) is 17.1. The fourth-order valence-corrected chi connectivity index (χ4v) is 3.09. The molecule has 3 aromatic carbocycles. The molecule has 0 unspecified atom stereocenters. The Morgan fingerprint density at radius 2 is 1.65 bits per heavy atom. The molecule has 0 radical (unpaired) electrons. The van der Waals surface area contributed by atoms with Crippen LogP contribution in [0.5, 0.6) is 5.75 Å². The second-order valence-corrected chi connectivity index (χ2v) is 6.81. The zero-order chi connectivity index (χ0) is 21.5. The van der Waals surface area contributed by atoms with Gasteiger partial charge in [0.05, 0.1) is 18.5 Å². The molecule has 0 fully saturated rings. The summed E-state index contributed by atoms with van der Waals surface area (Å²) >= 11 is 0. The fraction of sp³-hybridized carbons (Fsp3) is 0.0800. The number of hydrazone groups is 1. The van der Waals surface area contributed by atoms with Crippen molar-refractivity contribution in [3.8, 4) is 28.1 Å². The molecular weight excluding hydrogens is 388 g/mol. The van der Waals surface area contributed by atoms with E-state index in [2.05, 4.69) is 32.9 Å². The SMILES string of the molecule is CCOc1ccc(/C=N/NC(=O)c2cc(-c3ccc(-c4ccccc4)cc3)n[nH]2)cc1. The zero-order valence-corrected chi connectivity index (χ0v) is 17.1. The van der Waals surface area contributed by atoms with Crippen LogP contribution in [0.1, 0.15) is 23.0 Å². The van der Waals surface area contributed by atoms with Gasteiger partial charge >= 0.3 is 0 Å². The highest BCUT2D eigenvalue weighted by Gasteiger charge is 2.10. The first-order chi connectivity index (χ1) is 15.2. The Balaban J connectivity index is 1.38. The molecule has 2 N–H and O–H groups in total. The highest BCUT2D eigenvalue weighted by Crippen LogP contribution is 2.24. The Kier molecular flexibility index (Phi) is 6.18. The van der Waals surface area contributed by atoms with Crippen LogP contribution in [0.4, 0.5) is 0 Å². The normalized spacial score (nSPS) is 10.9. The summed E-state index contributed by atoms with van der Waals surface area (Å²) in [6.45, 7) is 2.55. The Morgan fingerprint density at radius 3 is 2.35 bits per heavy atom. The smallest absolute Gasteiger partial charge is 0.289 e. The van der Waals surface area contributed by atoms with E-state index in [9.17, 15) is 4.79 Å². The molecule has 0 saturated heterocycles. The maximum absolute atomic E-state index is 12.3. The van der Waals surface area contributed by atoms with Crippen molar-refractivity contribution in [3.05, 3.63) is 96.2 Å². The minimum atomic E-state index is -0.359. The van der Waals surface area contributed by atoms with Crippen molar-refractivity contribution >= 4 is 12.1 Å². The van der Waals surface area contributed by atoms with Crippen molar-refractivity contribution in [2.75, 3.05) is 6.61 Å². The van der Waals surface area contributed by atoms with Gasteiger partial charge in [0.2, 0.25) is 0 Å². The summed E-state index contributed by atoms with van der Waals surface area (Å²) in [7, 11) is 0. The van der Waals surface area contributed by atoms with Crippen molar-refractivity contribution in [3.63, 3.8) is 0 Å². The average molecular weight is 410 g/mol. The number of hydrogen-bond acceptors (Lipinski definition) is 4. The minimum absolute atomic E-state index is 0.339. The van der Waals surface area contributed by atoms with Gasteiger partial charge in [-0.15, -0.1) is 0 Å². The van der Waals surface area contributed by atoms with Gasteiger partial charge < -0.3 is 4.74 Å². The third-order valence-corrected chi connectivity index (χ3v) is 4.68. The van der Waals surface area contributed by atoms with E-state index < -0.39 is 0 Å². The summed E-state index contributed by atoms with van der Waals surface area (Å²) in [5, 5.41) is 11.0.